The van der Waals surface area contributed by atoms with Crippen molar-refractivity contribution in [2.45, 2.75) is 26.0 Å². The van der Waals surface area contributed by atoms with Crippen molar-refractivity contribution in [3.8, 4) is 5.75 Å². The molecule has 9 heteroatoms. The van der Waals surface area contributed by atoms with Gasteiger partial charge >= 0.3 is 14.0 Å². The van der Waals surface area contributed by atoms with E-state index >= 15 is 0 Å². The molecule has 0 amide bonds. The summed E-state index contributed by atoms with van der Waals surface area (Å²) in [4.78, 5) is 0. The molecule has 0 aromatic heterocycles. The van der Waals surface area contributed by atoms with Crippen molar-refractivity contribution in [3.63, 3.8) is 0 Å². The van der Waals surface area contributed by atoms with E-state index in [0.717, 1.165) is 6.07 Å². The van der Waals surface area contributed by atoms with Crippen molar-refractivity contribution >= 4 is 7.60 Å². The van der Waals surface area contributed by atoms with Gasteiger partial charge in [0, 0.05) is 5.56 Å². The Morgan fingerprint density at radius 2 is 1.71 bits per heavy atom. The van der Waals surface area contributed by atoms with Gasteiger partial charge in [-0.1, -0.05) is 18.2 Å². The minimum atomic E-state index is -4.88. The number of nitrogens with two attached hydrogens (primary N) is 1. The molecule has 0 aliphatic heterocycles. The van der Waals surface area contributed by atoms with Crippen LogP contribution in [0.15, 0.2) is 24.3 Å². The van der Waals surface area contributed by atoms with Gasteiger partial charge in [0.15, 0.2) is 0 Å². The molecular weight excluding hydrogens is 310 g/mol. The largest absolute Gasteiger partial charge is 0.573 e. The Balaban J connectivity index is 3.16. The number of rotatable bonds is 7. The third kappa shape index (κ3) is 5.00. The van der Waals surface area contributed by atoms with Gasteiger partial charge in [0.25, 0.3) is 0 Å². The fraction of sp³-hybridized carbons (Fsp3) is 0.500. The molecule has 0 bridgehead atoms. The van der Waals surface area contributed by atoms with Crippen molar-refractivity contribution < 1.29 is 31.5 Å². The predicted octanol–water partition coefficient (Wildman–Crippen LogP) is 3.81. The molecule has 21 heavy (non-hydrogen) atoms. The highest BCUT2D eigenvalue weighted by Crippen LogP contribution is 2.59. The fourth-order valence-corrected chi connectivity index (χ4v) is 3.34. The minimum absolute atomic E-state index is 0.0489. The molecule has 0 aliphatic rings. The second-order valence-corrected chi connectivity index (χ2v) is 6.06. The Morgan fingerprint density at radius 1 is 1.19 bits per heavy atom. The molecule has 0 heterocycles. The number of para-hydroxylation sites is 1. The van der Waals surface area contributed by atoms with E-state index in [9.17, 15) is 17.7 Å². The molecule has 0 unspecified atom stereocenters. The van der Waals surface area contributed by atoms with Crippen LogP contribution in [0.2, 0.25) is 0 Å². The highest BCUT2D eigenvalue weighted by Gasteiger charge is 2.38. The first-order valence-corrected chi connectivity index (χ1v) is 7.83. The average molecular weight is 327 g/mol. The maximum Gasteiger partial charge on any atom is 0.573 e. The Bertz CT molecular complexity index is 500. The van der Waals surface area contributed by atoms with Crippen LogP contribution in [0.3, 0.4) is 0 Å². The van der Waals surface area contributed by atoms with Crippen LogP contribution >= 0.6 is 7.60 Å². The minimum Gasteiger partial charge on any atom is -0.405 e. The van der Waals surface area contributed by atoms with E-state index in [2.05, 4.69) is 4.74 Å². The smallest absolute Gasteiger partial charge is 0.405 e. The lowest BCUT2D eigenvalue weighted by molar-refractivity contribution is -0.274. The number of hydrogen-bond acceptors (Lipinski definition) is 5. The lowest BCUT2D eigenvalue weighted by Crippen LogP contribution is -2.21. The number of hydrogen-bond donors (Lipinski definition) is 1. The highest BCUT2D eigenvalue weighted by molar-refractivity contribution is 7.54. The summed E-state index contributed by atoms with van der Waals surface area (Å²) in [5.41, 5.74) is 5.71. The highest BCUT2D eigenvalue weighted by atomic mass is 31.2. The molecule has 0 radical (unpaired) electrons. The van der Waals surface area contributed by atoms with Crippen LogP contribution in [-0.4, -0.2) is 19.6 Å². The number of ether oxygens (including phenoxy) is 1. The molecule has 1 rings (SSSR count). The summed E-state index contributed by atoms with van der Waals surface area (Å²) in [6.07, 6.45) is -4.88. The SMILES string of the molecule is CCOP(=O)(OCC)[C@@H](N)c1ccccc1OC(F)(F)F. The zero-order chi connectivity index (χ0) is 16.1. The van der Waals surface area contributed by atoms with E-state index in [0.29, 0.717) is 0 Å². The van der Waals surface area contributed by atoms with Gasteiger partial charge in [0.2, 0.25) is 0 Å². The first kappa shape index (κ1) is 18.0. The molecular formula is C12H17F3NO4P. The Hall–Kier alpha value is -1.08. The summed E-state index contributed by atoms with van der Waals surface area (Å²) in [5, 5.41) is 0. The van der Waals surface area contributed by atoms with Crippen molar-refractivity contribution in [2.75, 3.05) is 13.2 Å². The summed E-state index contributed by atoms with van der Waals surface area (Å²) in [6, 6.07) is 5.19. The van der Waals surface area contributed by atoms with E-state index in [-0.39, 0.29) is 18.8 Å². The summed E-state index contributed by atoms with van der Waals surface area (Å²) in [7, 11) is -3.79. The van der Waals surface area contributed by atoms with Gasteiger partial charge in [-0.2, -0.15) is 0 Å². The quantitative estimate of drug-likeness (QED) is 0.771. The van der Waals surface area contributed by atoms with Crippen molar-refractivity contribution in [3.05, 3.63) is 29.8 Å². The molecule has 0 aliphatic carbocycles. The molecule has 0 saturated carbocycles. The lowest BCUT2D eigenvalue weighted by atomic mass is 10.2. The van der Waals surface area contributed by atoms with Gasteiger partial charge in [0.05, 0.1) is 13.2 Å². The van der Waals surface area contributed by atoms with Crippen molar-refractivity contribution in [1.29, 1.82) is 0 Å². The zero-order valence-corrected chi connectivity index (χ0v) is 12.5. The first-order valence-electron chi connectivity index (χ1n) is 6.22. The van der Waals surface area contributed by atoms with Crippen LogP contribution in [0.4, 0.5) is 13.2 Å². The van der Waals surface area contributed by atoms with E-state index in [1.165, 1.54) is 18.2 Å². The standard InChI is InChI=1S/C12H17F3NO4P/c1-3-18-21(17,19-4-2)11(16)9-7-5-6-8-10(9)20-12(13,14)15/h5-8,11H,3-4,16H2,1-2H3/t11-/m1/s1. The van der Waals surface area contributed by atoms with Crippen LogP contribution in [0, 0.1) is 0 Å². The van der Waals surface area contributed by atoms with Crippen LogP contribution in [0.1, 0.15) is 25.2 Å². The van der Waals surface area contributed by atoms with Gasteiger partial charge in [-0.15, -0.1) is 13.2 Å². The lowest BCUT2D eigenvalue weighted by Gasteiger charge is -2.25. The summed E-state index contributed by atoms with van der Waals surface area (Å²) < 4.78 is 63.7. The number of alkyl halides is 3. The van der Waals surface area contributed by atoms with Crippen LogP contribution in [-0.2, 0) is 13.6 Å². The molecule has 120 valence electrons. The number of benzene rings is 1. The maximum atomic E-state index is 12.5. The van der Waals surface area contributed by atoms with Gasteiger partial charge in [-0.25, -0.2) is 0 Å². The molecule has 0 fully saturated rings. The van der Waals surface area contributed by atoms with E-state index < -0.39 is 25.5 Å². The average Bonchev–Trinajstić information content (AvgIpc) is 2.37. The molecule has 2 N–H and O–H groups in total. The molecule has 1 aromatic carbocycles. The second kappa shape index (κ2) is 7.26. The summed E-state index contributed by atoms with van der Waals surface area (Å²) >= 11 is 0. The third-order valence-electron chi connectivity index (χ3n) is 2.42. The van der Waals surface area contributed by atoms with Crippen molar-refractivity contribution in [1.82, 2.24) is 0 Å². The van der Waals surface area contributed by atoms with Gasteiger partial charge in [-0.05, 0) is 19.9 Å². The van der Waals surface area contributed by atoms with E-state index in [1.807, 2.05) is 0 Å². The van der Waals surface area contributed by atoms with Crippen LogP contribution in [0.25, 0.3) is 0 Å². The summed E-state index contributed by atoms with van der Waals surface area (Å²) in [6.45, 7) is 3.26. The Labute approximate surface area is 120 Å². The number of halogens is 3. The normalized spacial score (nSPS) is 14.0. The topological polar surface area (TPSA) is 70.8 Å². The molecule has 5 nitrogen and oxygen atoms in total. The first-order chi connectivity index (χ1) is 9.73. The van der Waals surface area contributed by atoms with Gasteiger partial charge in [-0.3, -0.25) is 4.57 Å². The zero-order valence-electron chi connectivity index (χ0n) is 11.6. The van der Waals surface area contributed by atoms with E-state index in [4.69, 9.17) is 14.8 Å². The van der Waals surface area contributed by atoms with Crippen LogP contribution < -0.4 is 10.5 Å². The van der Waals surface area contributed by atoms with Gasteiger partial charge in [0.1, 0.15) is 11.5 Å². The predicted molar refractivity (Wildman–Crippen MR) is 70.9 cm³/mol. The maximum absolute atomic E-state index is 12.5. The fourth-order valence-electron chi connectivity index (χ4n) is 1.67. The molecule has 1 aromatic rings. The molecule has 0 saturated heterocycles. The second-order valence-electron chi connectivity index (χ2n) is 3.91. The Kier molecular flexibility index (Phi) is 6.22. The monoisotopic (exact) mass is 327 g/mol. The van der Waals surface area contributed by atoms with E-state index in [1.54, 1.807) is 13.8 Å². The van der Waals surface area contributed by atoms with Crippen LogP contribution in [0.5, 0.6) is 5.75 Å². The third-order valence-corrected chi connectivity index (χ3v) is 4.62. The molecule has 0 spiro atoms. The van der Waals surface area contributed by atoms with Crippen molar-refractivity contribution in [2.24, 2.45) is 5.73 Å². The summed E-state index contributed by atoms with van der Waals surface area (Å²) in [5.74, 6) is -1.91. The van der Waals surface area contributed by atoms with Gasteiger partial charge < -0.3 is 19.5 Å². The Morgan fingerprint density at radius 3 is 2.19 bits per heavy atom. The molecule has 1 atom stereocenters.